The van der Waals surface area contributed by atoms with Crippen molar-refractivity contribution in [2.24, 2.45) is 0 Å². The van der Waals surface area contributed by atoms with Crippen LogP contribution >= 0.6 is 0 Å². The Labute approximate surface area is 429 Å². The maximum Gasteiger partial charge on any atom is 0.132 e. The smallest absolute Gasteiger partial charge is 0.132 e. The monoisotopic (exact) mass is 944 g/mol. The third-order valence-corrected chi connectivity index (χ3v) is 18.2. The average Bonchev–Trinajstić information content (AvgIpc) is 4.02. The van der Waals surface area contributed by atoms with E-state index in [1.807, 2.05) is 0 Å². The Morgan fingerprint density at radius 2 is 0.890 bits per heavy atom. The standard InChI is InChI=1S/C70H60N2O/c1-69(2)59-28-13-9-24-53(59)55-36-34-51(43-61(55)69)71(49-22-17-23-50(42-49)72-65-30-15-11-26-57(65)58-27-12-16-31-66(58)72)52-35-37-56-54-25-10-14-29-60(54)70(62(56)44-52)63-40-47(45-18-5-3-6-19-45)32-38-67(63)73-68-39-33-48(41-64(68)70)46-20-7-4-8-21-46/h9-17,22-46H,3-8,18-21H2,1-2H3. The lowest BCUT2D eigenvalue weighted by atomic mass is 9.64. The van der Waals surface area contributed by atoms with Crippen molar-refractivity contribution < 1.29 is 4.74 Å². The minimum atomic E-state index is -0.599. The third-order valence-electron chi connectivity index (χ3n) is 18.2. The Balaban J connectivity index is 0.990. The first kappa shape index (κ1) is 43.0. The van der Waals surface area contributed by atoms with E-state index in [0.717, 1.165) is 34.2 Å². The zero-order valence-corrected chi connectivity index (χ0v) is 42.0. The fourth-order valence-corrected chi connectivity index (χ4v) is 14.7. The number of hydrogen-bond acceptors (Lipinski definition) is 2. The van der Waals surface area contributed by atoms with E-state index >= 15 is 0 Å². The second kappa shape index (κ2) is 16.5. The van der Waals surface area contributed by atoms with Crippen LogP contribution in [0.5, 0.6) is 11.5 Å². The van der Waals surface area contributed by atoms with E-state index < -0.39 is 5.41 Å². The maximum atomic E-state index is 7.18. The molecule has 3 heteroatoms. The highest BCUT2D eigenvalue weighted by Gasteiger charge is 2.52. The van der Waals surface area contributed by atoms with Crippen LogP contribution in [0.4, 0.5) is 17.1 Å². The largest absolute Gasteiger partial charge is 0.457 e. The van der Waals surface area contributed by atoms with E-state index in [1.165, 1.54) is 153 Å². The summed E-state index contributed by atoms with van der Waals surface area (Å²) in [5.41, 5.74) is 22.4. The molecule has 356 valence electrons. The molecule has 1 aromatic heterocycles. The molecule has 1 spiro atoms. The van der Waals surface area contributed by atoms with E-state index in [4.69, 9.17) is 4.74 Å². The van der Waals surface area contributed by atoms with Gasteiger partial charge in [0.15, 0.2) is 0 Å². The van der Waals surface area contributed by atoms with Gasteiger partial charge in [-0.15, -0.1) is 0 Å². The highest BCUT2D eigenvalue weighted by molar-refractivity contribution is 6.09. The van der Waals surface area contributed by atoms with Gasteiger partial charge >= 0.3 is 0 Å². The zero-order chi connectivity index (χ0) is 48.4. The fraction of sp³-hybridized carbons (Fsp3) is 0.229. The second-order valence-corrected chi connectivity index (χ2v) is 22.4. The molecule has 0 N–H and O–H groups in total. The maximum absolute atomic E-state index is 7.18. The molecule has 0 bridgehead atoms. The van der Waals surface area contributed by atoms with Gasteiger partial charge in [-0.1, -0.05) is 180 Å². The van der Waals surface area contributed by atoms with Crippen molar-refractivity contribution in [3.63, 3.8) is 0 Å². The molecule has 5 aliphatic rings. The van der Waals surface area contributed by atoms with E-state index in [9.17, 15) is 0 Å². The first-order chi connectivity index (χ1) is 35.9. The number of rotatable bonds is 6. The Bertz CT molecular complexity index is 3740. The number of fused-ring (bicyclic) bond motifs is 15. The van der Waals surface area contributed by atoms with Crippen LogP contribution in [0.2, 0.25) is 0 Å². The summed E-state index contributed by atoms with van der Waals surface area (Å²) in [6.07, 6.45) is 12.9. The Morgan fingerprint density at radius 1 is 0.397 bits per heavy atom. The van der Waals surface area contributed by atoms with Crippen LogP contribution in [0.1, 0.15) is 134 Å². The molecule has 2 heterocycles. The third kappa shape index (κ3) is 6.37. The van der Waals surface area contributed by atoms with Crippen LogP contribution < -0.4 is 9.64 Å². The van der Waals surface area contributed by atoms with Gasteiger partial charge in [0.25, 0.3) is 0 Å². The van der Waals surface area contributed by atoms with Gasteiger partial charge in [-0.05, 0) is 160 Å². The predicted molar refractivity (Wildman–Crippen MR) is 302 cm³/mol. The summed E-state index contributed by atoms with van der Waals surface area (Å²) < 4.78 is 9.63. The molecule has 2 fully saturated rings. The molecule has 9 aromatic carbocycles. The molecular weight excluding hydrogens is 885 g/mol. The van der Waals surface area contributed by atoms with Crippen LogP contribution in [0, 0.1) is 0 Å². The minimum Gasteiger partial charge on any atom is -0.457 e. The van der Waals surface area contributed by atoms with Crippen molar-refractivity contribution in [3.8, 4) is 39.4 Å². The highest BCUT2D eigenvalue weighted by Crippen LogP contribution is 2.64. The SMILES string of the molecule is CC1(C)c2ccccc2-c2ccc(N(c3cccc(-n4c5ccccc5c5ccccc54)c3)c3ccc4c(c3)C3(c5cc(C6CCCCC6)ccc5Oc5ccc(C6CCCCC6)cc53)c3ccccc3-4)cc21. The van der Waals surface area contributed by atoms with Gasteiger partial charge in [0.1, 0.15) is 11.5 Å². The molecule has 3 nitrogen and oxygen atoms in total. The van der Waals surface area contributed by atoms with Crippen LogP contribution in [0.3, 0.4) is 0 Å². The normalized spacial score (nSPS) is 17.1. The number of anilines is 3. The van der Waals surface area contributed by atoms with Crippen molar-refractivity contribution in [1.29, 1.82) is 0 Å². The van der Waals surface area contributed by atoms with Crippen LogP contribution in [-0.2, 0) is 10.8 Å². The molecule has 0 saturated heterocycles. The van der Waals surface area contributed by atoms with Gasteiger partial charge in [0.05, 0.1) is 16.4 Å². The second-order valence-electron chi connectivity index (χ2n) is 22.4. The molecule has 73 heavy (non-hydrogen) atoms. The summed E-state index contributed by atoms with van der Waals surface area (Å²) in [6, 6.07) is 74.6. The molecule has 10 aromatic rings. The van der Waals surface area contributed by atoms with Crippen LogP contribution in [0.25, 0.3) is 49.7 Å². The molecule has 0 amide bonds. The lowest BCUT2D eigenvalue weighted by molar-refractivity contribution is 0.424. The van der Waals surface area contributed by atoms with Crippen molar-refractivity contribution in [2.75, 3.05) is 4.90 Å². The summed E-state index contributed by atoms with van der Waals surface area (Å²) in [7, 11) is 0. The van der Waals surface area contributed by atoms with Gasteiger partial charge in [0, 0.05) is 50.1 Å². The van der Waals surface area contributed by atoms with Crippen molar-refractivity contribution in [1.82, 2.24) is 4.57 Å². The summed E-state index contributed by atoms with van der Waals surface area (Å²) >= 11 is 0. The first-order valence-corrected chi connectivity index (χ1v) is 27.3. The molecule has 2 saturated carbocycles. The minimum absolute atomic E-state index is 0.163. The number of ether oxygens (including phenoxy) is 1. The number of benzene rings is 9. The van der Waals surface area contributed by atoms with Crippen molar-refractivity contribution >= 4 is 38.9 Å². The predicted octanol–water partition coefficient (Wildman–Crippen LogP) is 19.1. The van der Waals surface area contributed by atoms with E-state index in [-0.39, 0.29) is 5.41 Å². The number of nitrogens with zero attached hydrogens (tertiary/aromatic N) is 2. The molecule has 0 atom stereocenters. The van der Waals surface area contributed by atoms with Gasteiger partial charge in [-0.3, -0.25) is 0 Å². The molecule has 15 rings (SSSR count). The lowest BCUT2D eigenvalue weighted by Crippen LogP contribution is -2.33. The average molecular weight is 945 g/mol. The van der Waals surface area contributed by atoms with Gasteiger partial charge < -0.3 is 14.2 Å². The molecule has 1 aliphatic heterocycles. The van der Waals surface area contributed by atoms with E-state index in [1.54, 1.807) is 0 Å². The highest BCUT2D eigenvalue weighted by atomic mass is 16.5. The Hall–Kier alpha value is -7.62. The van der Waals surface area contributed by atoms with E-state index in [2.05, 4.69) is 217 Å². The molecule has 0 radical (unpaired) electrons. The Morgan fingerprint density at radius 3 is 1.51 bits per heavy atom. The summed E-state index contributed by atoms with van der Waals surface area (Å²) in [4.78, 5) is 2.55. The van der Waals surface area contributed by atoms with Gasteiger partial charge in [0.2, 0.25) is 0 Å². The summed E-state index contributed by atoms with van der Waals surface area (Å²) in [6.45, 7) is 4.79. The zero-order valence-electron chi connectivity index (χ0n) is 42.0. The number of hydrogen-bond donors (Lipinski definition) is 0. The summed E-state index contributed by atoms with van der Waals surface area (Å²) in [5.74, 6) is 3.06. The number of para-hydroxylation sites is 2. The quantitative estimate of drug-likeness (QED) is 0.165. The number of aromatic nitrogens is 1. The first-order valence-electron chi connectivity index (χ1n) is 27.3. The van der Waals surface area contributed by atoms with Crippen LogP contribution in [0.15, 0.2) is 194 Å². The van der Waals surface area contributed by atoms with Crippen molar-refractivity contribution in [3.05, 3.63) is 239 Å². The topological polar surface area (TPSA) is 17.4 Å². The van der Waals surface area contributed by atoms with Gasteiger partial charge in [-0.25, -0.2) is 0 Å². The van der Waals surface area contributed by atoms with E-state index in [0.29, 0.717) is 11.8 Å². The van der Waals surface area contributed by atoms with Crippen molar-refractivity contribution in [2.45, 2.75) is 101 Å². The van der Waals surface area contributed by atoms with Gasteiger partial charge in [-0.2, -0.15) is 0 Å². The molecular formula is C70H60N2O. The summed E-state index contributed by atoms with van der Waals surface area (Å²) in [5, 5.41) is 2.53. The lowest BCUT2D eigenvalue weighted by Gasteiger charge is -2.41. The van der Waals surface area contributed by atoms with Crippen LogP contribution in [-0.4, -0.2) is 4.57 Å². The Kier molecular flexibility index (Phi) is 9.69. The molecule has 0 unspecified atom stereocenters. The fourth-order valence-electron chi connectivity index (χ4n) is 14.7. The molecule has 4 aliphatic carbocycles.